The van der Waals surface area contributed by atoms with Crippen molar-refractivity contribution in [1.82, 2.24) is 4.98 Å². The first-order valence-corrected chi connectivity index (χ1v) is 12.3. The number of aliphatic hydroxyl groups excluding tert-OH is 1. The van der Waals surface area contributed by atoms with E-state index in [1.807, 2.05) is 44.2 Å². The first-order valence-electron chi connectivity index (χ1n) is 11.0. The number of carbonyl (C=O) groups is 1. The standard InChI is InChI=1S/C27H26FNO5P/c1-5-21-27(34-24(31)16-22(30)23(6-2)35(32)33-4)25(18-12-14-20(28)15-13-18)17(3)26(29-21)19-10-8-7-9-11-19/h2,7-15,22-23,30H,5,16H2,1,3-4H3/q+1. The van der Waals surface area contributed by atoms with Gasteiger partial charge in [0.15, 0.2) is 5.75 Å². The molecular formula is C27H26FNO5P+. The van der Waals surface area contributed by atoms with Crippen molar-refractivity contribution in [2.75, 3.05) is 7.11 Å². The van der Waals surface area contributed by atoms with E-state index < -0.39 is 38.0 Å². The number of aryl methyl sites for hydroxylation is 1. The highest BCUT2D eigenvalue weighted by atomic mass is 31.1. The number of terminal acetylenes is 1. The molecule has 1 N–H and O–H groups in total. The predicted octanol–water partition coefficient (Wildman–Crippen LogP) is 5.47. The van der Waals surface area contributed by atoms with Gasteiger partial charge in [0.25, 0.3) is 5.66 Å². The molecule has 0 aliphatic heterocycles. The number of ether oxygens (including phenoxy) is 1. The van der Waals surface area contributed by atoms with Crippen LogP contribution in [0.4, 0.5) is 4.39 Å². The summed E-state index contributed by atoms with van der Waals surface area (Å²) in [5.74, 6) is 1.26. The molecule has 3 aromatic rings. The zero-order chi connectivity index (χ0) is 25.5. The highest BCUT2D eigenvalue weighted by Gasteiger charge is 2.38. The quantitative estimate of drug-likeness (QED) is 0.241. The van der Waals surface area contributed by atoms with Crippen molar-refractivity contribution in [3.05, 3.63) is 71.7 Å². The van der Waals surface area contributed by atoms with E-state index in [-0.39, 0.29) is 5.75 Å². The maximum absolute atomic E-state index is 13.7. The molecule has 0 aliphatic rings. The zero-order valence-electron chi connectivity index (χ0n) is 19.7. The number of esters is 1. The minimum absolute atomic E-state index is 0.224. The summed E-state index contributed by atoms with van der Waals surface area (Å²) in [5.41, 5.74) is 2.94. The Balaban J connectivity index is 2.08. The van der Waals surface area contributed by atoms with Crippen molar-refractivity contribution >= 4 is 14.0 Å². The Bertz CT molecular complexity index is 1260. The topological polar surface area (TPSA) is 85.7 Å². The Morgan fingerprint density at radius 1 is 1.17 bits per heavy atom. The van der Waals surface area contributed by atoms with Gasteiger partial charge in [-0.1, -0.05) is 49.4 Å². The Morgan fingerprint density at radius 3 is 2.40 bits per heavy atom. The van der Waals surface area contributed by atoms with E-state index in [1.165, 1.54) is 19.2 Å². The lowest BCUT2D eigenvalue weighted by Gasteiger charge is -2.20. The van der Waals surface area contributed by atoms with Crippen LogP contribution in [0.3, 0.4) is 0 Å². The highest BCUT2D eigenvalue weighted by molar-refractivity contribution is 7.40. The third-order valence-electron chi connectivity index (χ3n) is 5.52. The molecule has 3 rings (SSSR count). The fourth-order valence-electron chi connectivity index (χ4n) is 3.76. The summed E-state index contributed by atoms with van der Waals surface area (Å²) >= 11 is 0. The van der Waals surface area contributed by atoms with Crippen LogP contribution >= 0.6 is 8.03 Å². The second kappa shape index (κ2) is 11.8. The summed E-state index contributed by atoms with van der Waals surface area (Å²) in [6.07, 6.45) is 3.89. The molecule has 35 heavy (non-hydrogen) atoms. The van der Waals surface area contributed by atoms with Crippen molar-refractivity contribution < 1.29 is 28.1 Å². The Morgan fingerprint density at radius 2 is 1.83 bits per heavy atom. The molecular weight excluding hydrogens is 468 g/mol. The fourth-order valence-corrected chi connectivity index (χ4v) is 4.49. The van der Waals surface area contributed by atoms with Crippen LogP contribution in [0.5, 0.6) is 5.75 Å². The number of hydrogen-bond donors (Lipinski definition) is 1. The molecule has 2 aromatic carbocycles. The summed E-state index contributed by atoms with van der Waals surface area (Å²) in [4.78, 5) is 17.6. The van der Waals surface area contributed by atoms with Gasteiger partial charge in [-0.15, -0.1) is 10.9 Å². The van der Waals surface area contributed by atoms with Crippen LogP contribution in [0.1, 0.15) is 24.6 Å². The Labute approximate surface area is 205 Å². The summed E-state index contributed by atoms with van der Waals surface area (Å²) in [5, 5.41) is 10.4. The lowest BCUT2D eigenvalue weighted by Crippen LogP contribution is -2.27. The third-order valence-corrected chi connectivity index (χ3v) is 6.82. The number of hydrogen-bond acceptors (Lipinski definition) is 6. The molecule has 6 nitrogen and oxygen atoms in total. The van der Waals surface area contributed by atoms with Gasteiger partial charge in [-0.3, -0.25) is 4.79 Å². The summed E-state index contributed by atoms with van der Waals surface area (Å²) < 4.78 is 36.1. The predicted molar refractivity (Wildman–Crippen MR) is 133 cm³/mol. The first-order chi connectivity index (χ1) is 16.8. The molecule has 3 unspecified atom stereocenters. The second-order valence-corrected chi connectivity index (χ2v) is 9.28. The van der Waals surface area contributed by atoms with Gasteiger partial charge >= 0.3 is 14.0 Å². The van der Waals surface area contributed by atoms with E-state index in [1.54, 1.807) is 12.1 Å². The van der Waals surface area contributed by atoms with Crippen molar-refractivity contribution in [2.45, 2.75) is 38.5 Å². The summed E-state index contributed by atoms with van der Waals surface area (Å²) in [6.45, 7) is 3.74. The molecule has 0 saturated heterocycles. The van der Waals surface area contributed by atoms with Crippen LogP contribution in [0, 0.1) is 25.1 Å². The number of rotatable bonds is 9. The van der Waals surface area contributed by atoms with E-state index in [0.717, 1.165) is 11.1 Å². The van der Waals surface area contributed by atoms with Crippen LogP contribution < -0.4 is 4.74 Å². The molecule has 8 heteroatoms. The van der Waals surface area contributed by atoms with Crippen LogP contribution in [0.15, 0.2) is 54.6 Å². The van der Waals surface area contributed by atoms with Crippen LogP contribution in [0.2, 0.25) is 0 Å². The maximum Gasteiger partial charge on any atom is 0.526 e. The van der Waals surface area contributed by atoms with Gasteiger partial charge in [-0.25, -0.2) is 9.37 Å². The smallest absolute Gasteiger partial charge is 0.424 e. The minimum atomic E-state index is -2.35. The average Bonchev–Trinajstić information content (AvgIpc) is 2.86. The van der Waals surface area contributed by atoms with Crippen LogP contribution in [-0.4, -0.2) is 34.9 Å². The number of aromatic nitrogens is 1. The monoisotopic (exact) mass is 494 g/mol. The molecule has 0 fully saturated rings. The molecule has 0 radical (unpaired) electrons. The van der Waals surface area contributed by atoms with E-state index in [4.69, 9.17) is 20.7 Å². The van der Waals surface area contributed by atoms with E-state index in [2.05, 4.69) is 5.92 Å². The molecule has 3 atom stereocenters. The maximum atomic E-state index is 13.7. The minimum Gasteiger partial charge on any atom is -0.424 e. The van der Waals surface area contributed by atoms with Crippen molar-refractivity contribution in [3.8, 4) is 40.5 Å². The van der Waals surface area contributed by atoms with E-state index >= 15 is 0 Å². The summed E-state index contributed by atoms with van der Waals surface area (Å²) in [6, 6.07) is 15.5. The Kier molecular flexibility index (Phi) is 8.84. The van der Waals surface area contributed by atoms with E-state index in [0.29, 0.717) is 28.9 Å². The molecule has 1 aromatic heterocycles. The number of nitrogens with zero attached hydrogens (tertiary/aromatic N) is 1. The van der Waals surface area contributed by atoms with Gasteiger partial charge in [0.2, 0.25) is 0 Å². The molecule has 180 valence electrons. The number of pyridine rings is 1. The molecule has 0 spiro atoms. The van der Waals surface area contributed by atoms with Crippen molar-refractivity contribution in [1.29, 1.82) is 0 Å². The molecule has 0 aliphatic carbocycles. The molecule has 1 heterocycles. The average molecular weight is 494 g/mol. The molecule has 0 amide bonds. The summed E-state index contributed by atoms with van der Waals surface area (Å²) in [7, 11) is -1.15. The second-order valence-electron chi connectivity index (χ2n) is 7.79. The van der Waals surface area contributed by atoms with Crippen molar-refractivity contribution in [2.24, 2.45) is 0 Å². The van der Waals surface area contributed by atoms with Crippen LogP contribution in [-0.2, 0) is 20.3 Å². The molecule has 0 bridgehead atoms. The fraction of sp³-hybridized carbons (Fsp3) is 0.259. The van der Waals surface area contributed by atoms with Crippen LogP contribution in [0.25, 0.3) is 22.4 Å². The molecule has 0 saturated carbocycles. The number of benzene rings is 2. The van der Waals surface area contributed by atoms with Gasteiger partial charge < -0.3 is 9.84 Å². The van der Waals surface area contributed by atoms with Gasteiger partial charge in [-0.05, 0) is 47.1 Å². The van der Waals surface area contributed by atoms with Gasteiger partial charge in [0.1, 0.15) is 11.9 Å². The first kappa shape index (κ1) is 26.2. The lowest BCUT2D eigenvalue weighted by molar-refractivity contribution is -0.136. The number of halogens is 1. The van der Waals surface area contributed by atoms with E-state index in [9.17, 15) is 18.9 Å². The highest BCUT2D eigenvalue weighted by Crippen LogP contribution is 2.40. The van der Waals surface area contributed by atoms with Gasteiger partial charge in [0, 0.05) is 11.1 Å². The third kappa shape index (κ3) is 5.98. The zero-order valence-corrected chi connectivity index (χ0v) is 20.6. The van der Waals surface area contributed by atoms with Crippen molar-refractivity contribution in [3.63, 3.8) is 0 Å². The Hall–Kier alpha value is -3.43. The largest absolute Gasteiger partial charge is 0.526 e. The number of carbonyl (C=O) groups excluding carboxylic acids is 1. The number of aliphatic hydroxyl groups is 1. The normalized spacial score (nSPS) is 13.0. The van der Waals surface area contributed by atoms with Gasteiger partial charge in [-0.2, -0.15) is 0 Å². The SMILES string of the molecule is C#CC(C(O)CC(=O)Oc1c(CC)nc(-c2ccccc2)c(C)c1-c1ccc(F)cc1)[P+](=O)OC. The lowest BCUT2D eigenvalue weighted by atomic mass is 9.94. The van der Waals surface area contributed by atoms with Gasteiger partial charge in [0.05, 0.1) is 24.9 Å².